The molecule has 1 unspecified atom stereocenters. The summed E-state index contributed by atoms with van der Waals surface area (Å²) in [7, 11) is 1.72. The third-order valence-electron chi connectivity index (χ3n) is 6.28. The standard InChI is InChI=1S/C22H37N2O5/c1-21(2,3)29-20(26)22(23-12-5-6-13-23,24-14-11-19(15-24)27-4)28-18-9-7-17(16-25)8-10-18/h17-19H,5-15H2,1-4H3/t17-,18-,19-,22?/m1/s1. The number of rotatable bonds is 7. The zero-order valence-electron chi connectivity index (χ0n) is 18.4. The van der Waals surface area contributed by atoms with Crippen LogP contribution >= 0.6 is 0 Å². The molecule has 0 aromatic heterocycles. The lowest BCUT2D eigenvalue weighted by Crippen LogP contribution is -2.68. The Morgan fingerprint density at radius 2 is 1.59 bits per heavy atom. The van der Waals surface area contributed by atoms with Gasteiger partial charge in [-0.25, -0.2) is 4.79 Å². The third kappa shape index (κ3) is 5.19. The second-order valence-corrected chi connectivity index (χ2v) is 9.61. The molecule has 165 valence electrons. The van der Waals surface area contributed by atoms with Gasteiger partial charge in [-0.15, -0.1) is 0 Å². The van der Waals surface area contributed by atoms with Crippen molar-refractivity contribution < 1.29 is 23.8 Å². The Morgan fingerprint density at radius 1 is 0.931 bits per heavy atom. The molecule has 1 radical (unpaired) electrons. The molecular weight excluding hydrogens is 372 g/mol. The molecule has 0 spiro atoms. The van der Waals surface area contributed by atoms with E-state index in [4.69, 9.17) is 14.2 Å². The van der Waals surface area contributed by atoms with Crippen LogP contribution in [0.1, 0.15) is 65.7 Å². The maximum Gasteiger partial charge on any atom is 0.371 e. The van der Waals surface area contributed by atoms with Crippen molar-refractivity contribution in [1.29, 1.82) is 0 Å². The molecule has 2 aliphatic heterocycles. The van der Waals surface area contributed by atoms with E-state index in [9.17, 15) is 9.59 Å². The Hall–Kier alpha value is -1.02. The molecule has 3 aliphatic rings. The predicted molar refractivity (Wildman–Crippen MR) is 109 cm³/mol. The van der Waals surface area contributed by atoms with Gasteiger partial charge in [-0.2, -0.15) is 0 Å². The van der Waals surface area contributed by atoms with Crippen LogP contribution in [0.4, 0.5) is 0 Å². The fourth-order valence-electron chi connectivity index (χ4n) is 4.75. The molecule has 3 fully saturated rings. The molecule has 1 aliphatic carbocycles. The molecule has 29 heavy (non-hydrogen) atoms. The molecule has 1 saturated carbocycles. The summed E-state index contributed by atoms with van der Waals surface area (Å²) in [6.45, 7) is 8.68. The van der Waals surface area contributed by atoms with E-state index in [0.29, 0.717) is 6.54 Å². The molecule has 0 bridgehead atoms. The molecule has 7 heteroatoms. The average Bonchev–Trinajstić information content (AvgIpc) is 3.37. The summed E-state index contributed by atoms with van der Waals surface area (Å²) in [4.78, 5) is 29.0. The average molecular weight is 410 g/mol. The highest BCUT2D eigenvalue weighted by Crippen LogP contribution is 2.37. The van der Waals surface area contributed by atoms with E-state index in [1.165, 1.54) is 0 Å². The number of methoxy groups -OCH3 is 1. The van der Waals surface area contributed by atoms with Gasteiger partial charge >= 0.3 is 5.97 Å². The zero-order valence-corrected chi connectivity index (χ0v) is 18.4. The van der Waals surface area contributed by atoms with Crippen LogP contribution in [-0.4, -0.2) is 79.0 Å². The summed E-state index contributed by atoms with van der Waals surface area (Å²) >= 11 is 0. The fraction of sp³-hybridized carbons (Fsp3) is 0.909. The van der Waals surface area contributed by atoms with E-state index < -0.39 is 11.4 Å². The van der Waals surface area contributed by atoms with Crippen molar-refractivity contribution in [2.75, 3.05) is 33.3 Å². The minimum atomic E-state index is -1.22. The molecule has 2 saturated heterocycles. The summed E-state index contributed by atoms with van der Waals surface area (Å²) in [5, 5.41) is 0. The van der Waals surface area contributed by atoms with E-state index in [1.54, 1.807) is 7.11 Å². The molecule has 0 N–H and O–H groups in total. The molecule has 2 atom stereocenters. The number of carbonyl (C=O) groups is 1. The number of likely N-dealkylation sites (tertiary alicyclic amines) is 2. The van der Waals surface area contributed by atoms with Gasteiger partial charge in [0.15, 0.2) is 0 Å². The lowest BCUT2D eigenvalue weighted by molar-refractivity contribution is -0.274. The first-order chi connectivity index (χ1) is 13.8. The van der Waals surface area contributed by atoms with Crippen LogP contribution in [0.2, 0.25) is 0 Å². The van der Waals surface area contributed by atoms with Crippen molar-refractivity contribution >= 4 is 12.3 Å². The van der Waals surface area contributed by atoms with E-state index in [1.807, 2.05) is 20.8 Å². The third-order valence-corrected chi connectivity index (χ3v) is 6.28. The molecule has 0 aromatic rings. The van der Waals surface area contributed by atoms with E-state index in [2.05, 4.69) is 16.1 Å². The quantitative estimate of drug-likeness (QED) is 0.599. The highest BCUT2D eigenvalue weighted by atomic mass is 16.6. The smallest absolute Gasteiger partial charge is 0.371 e. The van der Waals surface area contributed by atoms with E-state index in [-0.39, 0.29) is 24.1 Å². The van der Waals surface area contributed by atoms with Crippen molar-refractivity contribution in [3.05, 3.63) is 0 Å². The summed E-state index contributed by atoms with van der Waals surface area (Å²) < 4.78 is 18.3. The first kappa shape index (κ1) is 22.7. The first-order valence-electron chi connectivity index (χ1n) is 11.1. The molecule has 3 rings (SSSR count). The second kappa shape index (κ2) is 9.41. The summed E-state index contributed by atoms with van der Waals surface area (Å²) in [6.07, 6.45) is 8.15. The number of ether oxygens (including phenoxy) is 3. The monoisotopic (exact) mass is 409 g/mol. The highest BCUT2D eigenvalue weighted by molar-refractivity contribution is 5.79. The van der Waals surface area contributed by atoms with Crippen molar-refractivity contribution in [2.24, 2.45) is 5.92 Å². The van der Waals surface area contributed by atoms with Gasteiger partial charge in [0.1, 0.15) is 5.60 Å². The molecule has 7 nitrogen and oxygen atoms in total. The van der Waals surface area contributed by atoms with Crippen molar-refractivity contribution in [2.45, 2.75) is 89.4 Å². The summed E-state index contributed by atoms with van der Waals surface area (Å²) in [5.41, 5.74) is -0.601. The van der Waals surface area contributed by atoms with Gasteiger partial charge in [0.05, 0.1) is 12.2 Å². The van der Waals surface area contributed by atoms with Gasteiger partial charge in [-0.1, -0.05) is 0 Å². The second-order valence-electron chi connectivity index (χ2n) is 9.61. The van der Waals surface area contributed by atoms with Gasteiger partial charge in [0.25, 0.3) is 5.85 Å². The SMILES string of the molecule is CO[C@@H]1CCN(C(O[C@H]2CC[C@H]([C]=O)CC2)(C(=O)OC(C)(C)C)N2CCCC2)C1. The van der Waals surface area contributed by atoms with E-state index in [0.717, 1.165) is 64.6 Å². The van der Waals surface area contributed by atoms with Crippen LogP contribution in [-0.2, 0) is 23.8 Å². The lowest BCUT2D eigenvalue weighted by Gasteiger charge is -2.48. The summed E-state index contributed by atoms with van der Waals surface area (Å²) in [5.74, 6) is -1.56. The highest BCUT2D eigenvalue weighted by Gasteiger charge is 2.56. The van der Waals surface area contributed by atoms with E-state index >= 15 is 0 Å². The van der Waals surface area contributed by atoms with Crippen molar-refractivity contribution in [3.63, 3.8) is 0 Å². The minimum absolute atomic E-state index is 0.0118. The van der Waals surface area contributed by atoms with Crippen LogP contribution in [0.3, 0.4) is 0 Å². The van der Waals surface area contributed by atoms with Crippen LogP contribution in [0.25, 0.3) is 0 Å². The number of nitrogens with zero attached hydrogens (tertiary/aromatic N) is 2. The Bertz CT molecular complexity index is 564. The van der Waals surface area contributed by atoms with Crippen molar-refractivity contribution in [1.82, 2.24) is 9.80 Å². The normalized spacial score (nSPS) is 31.5. The molecule has 0 amide bonds. The first-order valence-corrected chi connectivity index (χ1v) is 11.1. The van der Waals surface area contributed by atoms with Crippen LogP contribution in [0.5, 0.6) is 0 Å². The van der Waals surface area contributed by atoms with Gasteiger partial charge in [-0.05, 0) is 65.7 Å². The number of carbonyl (C=O) groups excluding carboxylic acids is 2. The van der Waals surface area contributed by atoms with Gasteiger partial charge in [0, 0.05) is 39.2 Å². The summed E-state index contributed by atoms with van der Waals surface area (Å²) in [6, 6.07) is 0. The van der Waals surface area contributed by atoms with Crippen molar-refractivity contribution in [3.8, 4) is 0 Å². The predicted octanol–water partition coefficient (Wildman–Crippen LogP) is 2.48. The lowest BCUT2D eigenvalue weighted by atomic mass is 9.88. The Kier molecular flexibility index (Phi) is 7.36. The zero-order chi connectivity index (χ0) is 21.1. The number of hydrogen-bond donors (Lipinski definition) is 0. The number of hydrogen-bond acceptors (Lipinski definition) is 7. The maximum absolute atomic E-state index is 13.7. The van der Waals surface area contributed by atoms with Gasteiger partial charge in [0.2, 0.25) is 6.29 Å². The Morgan fingerprint density at radius 3 is 2.10 bits per heavy atom. The fourth-order valence-corrected chi connectivity index (χ4v) is 4.75. The molecular formula is C22H37N2O5. The van der Waals surface area contributed by atoms with Gasteiger partial charge in [-0.3, -0.25) is 14.6 Å². The van der Waals surface area contributed by atoms with Crippen LogP contribution in [0, 0.1) is 5.92 Å². The van der Waals surface area contributed by atoms with Crippen LogP contribution < -0.4 is 0 Å². The maximum atomic E-state index is 13.7. The largest absolute Gasteiger partial charge is 0.456 e. The Balaban J connectivity index is 1.90. The van der Waals surface area contributed by atoms with Crippen LogP contribution in [0.15, 0.2) is 0 Å². The number of esters is 1. The molecule has 0 aromatic carbocycles. The van der Waals surface area contributed by atoms with Gasteiger partial charge < -0.3 is 14.2 Å². The minimum Gasteiger partial charge on any atom is -0.456 e. The molecule has 2 heterocycles. The Labute approximate surface area is 175 Å². The topological polar surface area (TPSA) is 68.3 Å².